The van der Waals surface area contributed by atoms with Crippen molar-refractivity contribution in [2.45, 2.75) is 18.6 Å². The third-order valence-electron chi connectivity index (χ3n) is 3.04. The Hall–Kier alpha value is -1.67. The first-order valence-corrected chi connectivity index (χ1v) is 7.63. The van der Waals surface area contributed by atoms with Crippen molar-refractivity contribution < 1.29 is 17.9 Å². The first kappa shape index (κ1) is 14.7. The first-order valence-electron chi connectivity index (χ1n) is 5.78. The van der Waals surface area contributed by atoms with Crippen molar-refractivity contribution in [3.63, 3.8) is 0 Å². The van der Waals surface area contributed by atoms with Gasteiger partial charge in [0.2, 0.25) is 0 Å². The minimum absolute atomic E-state index is 0.0999. The number of rotatable bonds is 4. The topological polar surface area (TPSA) is 89.7 Å². The molecule has 0 bridgehead atoms. The molecule has 1 aromatic carbocycles. The van der Waals surface area contributed by atoms with E-state index in [4.69, 9.17) is 10.5 Å². The molecule has 6 nitrogen and oxygen atoms in total. The second kappa shape index (κ2) is 4.71. The van der Waals surface area contributed by atoms with Gasteiger partial charge in [-0.05, 0) is 38.1 Å². The number of hydrogen-bond acceptors (Lipinski definition) is 5. The van der Waals surface area contributed by atoms with Gasteiger partial charge in [-0.25, -0.2) is 12.7 Å². The van der Waals surface area contributed by atoms with Gasteiger partial charge in [-0.1, -0.05) is 12.2 Å². The third kappa shape index (κ3) is 2.14. The van der Waals surface area contributed by atoms with Crippen LogP contribution in [-0.2, 0) is 14.8 Å². The number of anilines is 1. The molecule has 0 atom stereocenters. The molecule has 108 valence electrons. The highest BCUT2D eigenvalue weighted by atomic mass is 32.2. The van der Waals surface area contributed by atoms with Crippen molar-refractivity contribution >= 4 is 38.8 Å². The van der Waals surface area contributed by atoms with Gasteiger partial charge in [0, 0.05) is 0 Å². The standard InChI is InChI=1S/C12H14N2O4S2/c1-12(2)11(15)14(20(12,16)17)8-3-5-9(6-4-8)18-7-10(13)19/h3-6H,7H2,1-2H3,(H2,13,19). The van der Waals surface area contributed by atoms with E-state index in [1.807, 2.05) is 0 Å². The van der Waals surface area contributed by atoms with E-state index in [1.165, 1.54) is 26.0 Å². The number of thiocarbonyl (C=S) groups is 1. The van der Waals surface area contributed by atoms with E-state index in [2.05, 4.69) is 12.2 Å². The molecule has 2 rings (SSSR count). The largest absolute Gasteiger partial charge is 0.487 e. The maximum Gasteiger partial charge on any atom is 0.263 e. The number of benzene rings is 1. The van der Waals surface area contributed by atoms with E-state index in [0.717, 1.165) is 4.31 Å². The van der Waals surface area contributed by atoms with Crippen LogP contribution in [0.15, 0.2) is 24.3 Å². The summed E-state index contributed by atoms with van der Waals surface area (Å²) in [5, 5.41) is 0. The van der Waals surface area contributed by atoms with Gasteiger partial charge >= 0.3 is 0 Å². The van der Waals surface area contributed by atoms with Crippen LogP contribution in [-0.4, -0.2) is 30.7 Å². The van der Waals surface area contributed by atoms with Crippen LogP contribution in [0, 0.1) is 0 Å². The van der Waals surface area contributed by atoms with Crippen LogP contribution in [0.25, 0.3) is 0 Å². The van der Waals surface area contributed by atoms with E-state index < -0.39 is 20.7 Å². The zero-order valence-corrected chi connectivity index (χ0v) is 12.6. The number of sulfonamides is 1. The van der Waals surface area contributed by atoms with Gasteiger partial charge in [0.25, 0.3) is 15.9 Å². The number of nitrogens with zero attached hydrogens (tertiary/aromatic N) is 1. The predicted molar refractivity (Wildman–Crippen MR) is 79.2 cm³/mol. The minimum atomic E-state index is -3.64. The second-order valence-electron chi connectivity index (χ2n) is 4.83. The van der Waals surface area contributed by atoms with Crippen LogP contribution in [0.4, 0.5) is 5.69 Å². The molecule has 1 aliphatic heterocycles. The molecule has 0 radical (unpaired) electrons. The molecule has 0 unspecified atom stereocenters. The summed E-state index contributed by atoms with van der Waals surface area (Å²) in [7, 11) is -3.64. The summed E-state index contributed by atoms with van der Waals surface area (Å²) in [4.78, 5) is 12.1. The fourth-order valence-corrected chi connectivity index (χ4v) is 3.28. The molecule has 1 fully saturated rings. The fraction of sp³-hybridized carbons (Fsp3) is 0.333. The molecule has 0 saturated carbocycles. The number of carbonyl (C=O) groups excluding carboxylic acids is 1. The lowest BCUT2D eigenvalue weighted by Gasteiger charge is -2.42. The lowest BCUT2D eigenvalue weighted by Crippen LogP contribution is -2.67. The van der Waals surface area contributed by atoms with Crippen molar-refractivity contribution in [1.82, 2.24) is 0 Å². The number of amides is 1. The molecule has 1 aliphatic rings. The van der Waals surface area contributed by atoms with Gasteiger partial charge in [-0.15, -0.1) is 0 Å². The Morgan fingerprint density at radius 1 is 1.35 bits per heavy atom. The van der Waals surface area contributed by atoms with Crippen molar-refractivity contribution in [2.24, 2.45) is 5.73 Å². The number of ether oxygens (including phenoxy) is 1. The average molecular weight is 314 g/mol. The number of hydrogen-bond donors (Lipinski definition) is 1. The summed E-state index contributed by atoms with van der Waals surface area (Å²) >= 11 is 4.68. The molecule has 1 heterocycles. The molecular formula is C12H14N2O4S2. The Kier molecular flexibility index (Phi) is 3.47. The highest BCUT2D eigenvalue weighted by molar-refractivity contribution is 7.98. The van der Waals surface area contributed by atoms with Crippen LogP contribution in [0.3, 0.4) is 0 Å². The van der Waals surface area contributed by atoms with Crippen molar-refractivity contribution in [3.05, 3.63) is 24.3 Å². The summed E-state index contributed by atoms with van der Waals surface area (Å²) in [6.45, 7) is 2.88. The smallest absolute Gasteiger partial charge is 0.263 e. The minimum Gasteiger partial charge on any atom is -0.487 e. The fourth-order valence-electron chi connectivity index (χ4n) is 1.74. The molecule has 2 N–H and O–H groups in total. The van der Waals surface area contributed by atoms with Crippen molar-refractivity contribution in [2.75, 3.05) is 10.9 Å². The van der Waals surface area contributed by atoms with Gasteiger partial charge < -0.3 is 10.5 Å². The summed E-state index contributed by atoms with van der Waals surface area (Å²) in [6.07, 6.45) is 0. The van der Waals surface area contributed by atoms with E-state index in [1.54, 1.807) is 12.1 Å². The normalized spacial score (nSPS) is 19.3. The Labute approximate surface area is 122 Å². The molecule has 1 saturated heterocycles. The molecule has 8 heteroatoms. The van der Waals surface area contributed by atoms with E-state index in [9.17, 15) is 13.2 Å². The van der Waals surface area contributed by atoms with Crippen LogP contribution >= 0.6 is 12.2 Å². The maximum absolute atomic E-state index is 12.0. The molecule has 0 spiro atoms. The van der Waals surface area contributed by atoms with Crippen molar-refractivity contribution in [3.8, 4) is 5.75 Å². The van der Waals surface area contributed by atoms with Crippen LogP contribution < -0.4 is 14.8 Å². The quantitative estimate of drug-likeness (QED) is 0.827. The van der Waals surface area contributed by atoms with Gasteiger partial charge in [0.1, 0.15) is 17.3 Å². The van der Waals surface area contributed by atoms with Gasteiger partial charge in [0.15, 0.2) is 4.75 Å². The Bertz CT molecular complexity index is 665. The average Bonchev–Trinajstić information content (AvgIpc) is 2.37. The van der Waals surface area contributed by atoms with Gasteiger partial charge in [-0.3, -0.25) is 4.79 Å². The Morgan fingerprint density at radius 3 is 2.35 bits per heavy atom. The van der Waals surface area contributed by atoms with Crippen LogP contribution in [0.5, 0.6) is 5.75 Å². The second-order valence-corrected chi connectivity index (χ2v) is 7.69. The summed E-state index contributed by atoms with van der Waals surface area (Å²) in [5.74, 6) is 0.0421. The lowest BCUT2D eigenvalue weighted by atomic mass is 10.1. The number of nitrogens with two attached hydrogens (primary N) is 1. The predicted octanol–water partition coefficient (Wildman–Crippen LogP) is 0.807. The lowest BCUT2D eigenvalue weighted by molar-refractivity contribution is -0.120. The summed E-state index contributed by atoms with van der Waals surface area (Å²) in [6, 6.07) is 6.11. The highest BCUT2D eigenvalue weighted by Gasteiger charge is 2.60. The maximum atomic E-state index is 12.0. The zero-order valence-electron chi connectivity index (χ0n) is 11.0. The first-order chi connectivity index (χ1) is 9.18. The summed E-state index contributed by atoms with van der Waals surface area (Å²) < 4.78 is 28.7. The van der Waals surface area contributed by atoms with E-state index in [0.29, 0.717) is 5.75 Å². The molecule has 0 aromatic heterocycles. The highest BCUT2D eigenvalue weighted by Crippen LogP contribution is 2.39. The zero-order chi connectivity index (χ0) is 15.1. The van der Waals surface area contributed by atoms with E-state index >= 15 is 0 Å². The van der Waals surface area contributed by atoms with E-state index in [-0.39, 0.29) is 17.3 Å². The molecule has 0 aliphatic carbocycles. The SMILES string of the molecule is CC1(C)C(=O)N(c2ccc(OCC(N)=S)cc2)S1(=O)=O. The van der Waals surface area contributed by atoms with Gasteiger partial charge in [-0.2, -0.15) is 0 Å². The third-order valence-corrected chi connectivity index (χ3v) is 5.48. The Morgan fingerprint density at radius 2 is 1.90 bits per heavy atom. The molecule has 1 aromatic rings. The molecule has 20 heavy (non-hydrogen) atoms. The molecule has 1 amide bonds. The number of carbonyl (C=O) groups is 1. The monoisotopic (exact) mass is 314 g/mol. The van der Waals surface area contributed by atoms with Gasteiger partial charge in [0.05, 0.1) is 5.69 Å². The van der Waals surface area contributed by atoms with Crippen LogP contribution in [0.2, 0.25) is 0 Å². The molecular weight excluding hydrogens is 300 g/mol. The summed E-state index contributed by atoms with van der Waals surface area (Å²) in [5.41, 5.74) is 5.60. The van der Waals surface area contributed by atoms with Crippen molar-refractivity contribution in [1.29, 1.82) is 0 Å². The van der Waals surface area contributed by atoms with Crippen LogP contribution in [0.1, 0.15) is 13.8 Å². The Balaban J connectivity index is 2.20.